The van der Waals surface area contributed by atoms with Gasteiger partial charge in [0.05, 0.1) is 20.3 Å². The summed E-state index contributed by atoms with van der Waals surface area (Å²) in [5.41, 5.74) is 0.493. The number of benzene rings is 1. The van der Waals surface area contributed by atoms with Crippen LogP contribution >= 0.6 is 0 Å². The van der Waals surface area contributed by atoms with Crippen LogP contribution in [0.15, 0.2) is 12.1 Å². The third-order valence-corrected chi connectivity index (χ3v) is 3.82. The number of halogens is 1. The van der Waals surface area contributed by atoms with E-state index in [4.69, 9.17) is 14.0 Å². The van der Waals surface area contributed by atoms with Gasteiger partial charge in [-0.15, -0.1) is 0 Å². The second-order valence-corrected chi connectivity index (χ2v) is 6.10. The summed E-state index contributed by atoms with van der Waals surface area (Å²) in [6.45, 7) is 2.14. The van der Waals surface area contributed by atoms with Crippen molar-refractivity contribution in [3.05, 3.63) is 17.9 Å². The Kier molecular flexibility index (Phi) is 9.41. The zero-order valence-electron chi connectivity index (χ0n) is 12.6. The van der Waals surface area contributed by atoms with Gasteiger partial charge in [-0.25, -0.2) is 0 Å². The number of hydrogen-bond acceptors (Lipinski definition) is 6. The van der Waals surface area contributed by atoms with Gasteiger partial charge in [-0.2, -0.15) is 12.8 Å². The molecule has 1 aromatic carbocycles. The van der Waals surface area contributed by atoms with E-state index in [0.717, 1.165) is 0 Å². The second kappa shape index (κ2) is 9.65. The van der Waals surface area contributed by atoms with Gasteiger partial charge in [0, 0.05) is 30.9 Å². The monoisotopic (exact) mass is 361 g/mol. The Balaban J connectivity index is 0.00000484. The van der Waals surface area contributed by atoms with Gasteiger partial charge in [0.1, 0.15) is 5.75 Å². The SMILES string of the molecule is CCN(CC(O)CS(=O)(=O)O)c1cc(OC)c(F)c(OC)c1.[NaH]. The number of rotatable bonds is 8. The first-order valence-electron chi connectivity index (χ1n) is 6.51. The fourth-order valence-corrected chi connectivity index (χ4v) is 2.60. The molecule has 0 fully saturated rings. The van der Waals surface area contributed by atoms with Crippen molar-refractivity contribution >= 4 is 45.4 Å². The van der Waals surface area contributed by atoms with Crippen molar-refractivity contribution in [1.82, 2.24) is 0 Å². The zero-order valence-corrected chi connectivity index (χ0v) is 13.4. The molecule has 1 rings (SSSR count). The third kappa shape index (κ3) is 6.82. The van der Waals surface area contributed by atoms with Crippen molar-refractivity contribution in [3.8, 4) is 11.5 Å². The van der Waals surface area contributed by atoms with Crippen LogP contribution in [0.1, 0.15) is 6.92 Å². The molecule has 0 aliphatic rings. The molecule has 0 aliphatic carbocycles. The van der Waals surface area contributed by atoms with Gasteiger partial charge in [-0.05, 0) is 6.92 Å². The van der Waals surface area contributed by atoms with Crippen LogP contribution in [-0.2, 0) is 10.1 Å². The molecule has 10 heteroatoms. The van der Waals surface area contributed by atoms with E-state index >= 15 is 0 Å². The predicted molar refractivity (Wildman–Crippen MR) is 87.0 cm³/mol. The first-order chi connectivity index (χ1) is 10.2. The molecule has 128 valence electrons. The zero-order chi connectivity index (χ0) is 16.9. The number of likely N-dealkylation sites (N-methyl/N-ethyl adjacent to an activating group) is 1. The number of ether oxygens (including phenoxy) is 2. The quantitative estimate of drug-likeness (QED) is 0.507. The predicted octanol–water partition coefficient (Wildman–Crippen LogP) is 0.269. The van der Waals surface area contributed by atoms with E-state index in [1.807, 2.05) is 0 Å². The Morgan fingerprint density at radius 2 is 1.74 bits per heavy atom. The first kappa shape index (κ1) is 22.4. The van der Waals surface area contributed by atoms with Crippen LogP contribution in [0.25, 0.3) is 0 Å². The van der Waals surface area contributed by atoms with Crippen molar-refractivity contribution in [2.75, 3.05) is 38.0 Å². The summed E-state index contributed by atoms with van der Waals surface area (Å²) in [5.74, 6) is -1.49. The van der Waals surface area contributed by atoms with E-state index in [1.54, 1.807) is 11.8 Å². The summed E-state index contributed by atoms with van der Waals surface area (Å²) in [5, 5.41) is 9.74. The molecule has 0 spiro atoms. The van der Waals surface area contributed by atoms with Crippen molar-refractivity contribution in [1.29, 1.82) is 0 Å². The van der Waals surface area contributed by atoms with Crippen LogP contribution in [0.4, 0.5) is 10.1 Å². The van der Waals surface area contributed by atoms with Crippen molar-refractivity contribution in [2.45, 2.75) is 13.0 Å². The van der Waals surface area contributed by atoms with Crippen molar-refractivity contribution in [2.24, 2.45) is 0 Å². The summed E-state index contributed by atoms with van der Waals surface area (Å²) in [6, 6.07) is 2.84. The van der Waals surface area contributed by atoms with Gasteiger partial charge in [0.15, 0.2) is 11.5 Å². The molecule has 1 atom stereocenters. The number of anilines is 1. The molecular weight excluding hydrogens is 340 g/mol. The molecule has 7 nitrogen and oxygen atoms in total. The summed E-state index contributed by atoms with van der Waals surface area (Å²) >= 11 is 0. The average molecular weight is 361 g/mol. The number of hydrogen-bond donors (Lipinski definition) is 2. The van der Waals surface area contributed by atoms with E-state index in [-0.39, 0.29) is 47.6 Å². The fourth-order valence-electron chi connectivity index (χ4n) is 2.01. The van der Waals surface area contributed by atoms with Gasteiger partial charge in [-0.1, -0.05) is 0 Å². The van der Waals surface area contributed by atoms with E-state index in [1.165, 1.54) is 26.4 Å². The molecule has 2 N–H and O–H groups in total. The number of methoxy groups -OCH3 is 2. The van der Waals surface area contributed by atoms with E-state index in [0.29, 0.717) is 12.2 Å². The fraction of sp³-hybridized carbons (Fsp3) is 0.538. The Morgan fingerprint density at radius 3 is 2.09 bits per heavy atom. The van der Waals surface area contributed by atoms with Gasteiger partial charge in [-0.3, -0.25) is 4.55 Å². The van der Waals surface area contributed by atoms with Crippen LogP contribution in [0.2, 0.25) is 0 Å². The molecule has 0 saturated heterocycles. The van der Waals surface area contributed by atoms with E-state index in [2.05, 4.69) is 0 Å². The minimum absolute atomic E-state index is 0. The van der Waals surface area contributed by atoms with E-state index < -0.39 is 27.8 Å². The minimum atomic E-state index is -4.28. The van der Waals surface area contributed by atoms with Crippen LogP contribution < -0.4 is 14.4 Å². The van der Waals surface area contributed by atoms with Gasteiger partial charge >= 0.3 is 29.6 Å². The second-order valence-electron chi connectivity index (χ2n) is 4.61. The van der Waals surface area contributed by atoms with Crippen LogP contribution in [0.3, 0.4) is 0 Å². The van der Waals surface area contributed by atoms with Crippen molar-refractivity contribution in [3.63, 3.8) is 0 Å². The molecule has 0 bridgehead atoms. The molecule has 23 heavy (non-hydrogen) atoms. The molecule has 1 aromatic rings. The summed E-state index contributed by atoms with van der Waals surface area (Å²) in [7, 11) is -1.66. The molecule has 1 unspecified atom stereocenters. The summed E-state index contributed by atoms with van der Waals surface area (Å²) < 4.78 is 54.0. The normalized spacial score (nSPS) is 12.3. The molecule has 0 amide bonds. The molecule has 0 heterocycles. The average Bonchev–Trinajstić information content (AvgIpc) is 2.43. The van der Waals surface area contributed by atoms with Crippen LogP contribution in [-0.4, -0.2) is 86.8 Å². The Labute approximate surface area is 157 Å². The van der Waals surface area contributed by atoms with Crippen molar-refractivity contribution < 1.29 is 31.9 Å². The standard InChI is InChI=1S/C13H20FNO6S.Na.H/c1-4-15(7-10(16)8-22(17,18)19)9-5-11(20-2)13(14)12(6-9)21-3;;/h5-6,10,16H,4,7-8H2,1-3H3,(H,17,18,19);;. The molecular formula is C13H21FNNaO6S. The molecule has 0 radical (unpaired) electrons. The first-order valence-corrected chi connectivity index (χ1v) is 8.12. The van der Waals surface area contributed by atoms with E-state index in [9.17, 15) is 17.9 Å². The Bertz CT molecular complexity index is 587. The van der Waals surface area contributed by atoms with Crippen LogP contribution in [0, 0.1) is 5.82 Å². The molecule has 0 aliphatic heterocycles. The number of nitrogens with zero attached hydrogens (tertiary/aromatic N) is 1. The topological polar surface area (TPSA) is 96.3 Å². The Hall–Kier alpha value is -0.580. The summed E-state index contributed by atoms with van der Waals surface area (Å²) in [4.78, 5) is 1.61. The Morgan fingerprint density at radius 1 is 1.26 bits per heavy atom. The van der Waals surface area contributed by atoms with Gasteiger partial charge < -0.3 is 19.5 Å². The van der Waals surface area contributed by atoms with Gasteiger partial charge in [0.2, 0.25) is 5.82 Å². The summed E-state index contributed by atoms with van der Waals surface area (Å²) in [6.07, 6.45) is -1.29. The van der Waals surface area contributed by atoms with Crippen LogP contribution in [0.5, 0.6) is 11.5 Å². The third-order valence-electron chi connectivity index (χ3n) is 3.01. The maximum atomic E-state index is 13.9. The number of aliphatic hydroxyl groups excluding tert-OH is 1. The van der Waals surface area contributed by atoms with Gasteiger partial charge in [0.25, 0.3) is 10.1 Å². The molecule has 0 aromatic heterocycles. The maximum absolute atomic E-state index is 13.9. The number of aliphatic hydroxyl groups is 1. The molecule has 0 saturated carbocycles.